The average molecular weight is 366 g/mol. The fraction of sp³-hybridized carbons (Fsp3) is 0.0952. The first kappa shape index (κ1) is 16.6. The van der Waals surface area contributed by atoms with Crippen molar-refractivity contribution in [3.8, 4) is 11.3 Å². The lowest BCUT2D eigenvalue weighted by molar-refractivity contribution is -0.706. The Bertz CT molecular complexity index is 947. The quantitative estimate of drug-likeness (QED) is 0.549. The minimum absolute atomic E-state index is 0.0529. The number of hydrogen-bond acceptors (Lipinski definition) is 3. The predicted molar refractivity (Wildman–Crippen MR) is 99.6 cm³/mol. The zero-order valence-electron chi connectivity index (χ0n) is 14.0. The molecule has 0 aliphatic carbocycles. The topological polar surface area (TPSA) is 55.8 Å². The molecule has 26 heavy (non-hydrogen) atoms. The first-order valence-electron chi connectivity index (χ1n) is 8.42. The van der Waals surface area contributed by atoms with Gasteiger partial charge in [0.25, 0.3) is 5.89 Å². The van der Waals surface area contributed by atoms with Gasteiger partial charge in [-0.3, -0.25) is 0 Å². The highest BCUT2D eigenvalue weighted by Crippen LogP contribution is 2.22. The molecule has 0 aliphatic rings. The van der Waals surface area contributed by atoms with Crippen molar-refractivity contribution in [1.29, 1.82) is 0 Å². The third-order valence-electron chi connectivity index (χ3n) is 4.22. The van der Waals surface area contributed by atoms with Crippen LogP contribution in [-0.2, 0) is 6.54 Å². The zero-order chi connectivity index (χ0) is 17.8. The second kappa shape index (κ2) is 7.60. The molecule has 0 amide bonds. The van der Waals surface area contributed by atoms with E-state index in [-0.39, 0.29) is 6.04 Å². The van der Waals surface area contributed by atoms with Gasteiger partial charge < -0.3 is 14.2 Å². The van der Waals surface area contributed by atoms with Gasteiger partial charge in [-0.2, -0.15) is 0 Å². The van der Waals surface area contributed by atoms with Gasteiger partial charge in [0.1, 0.15) is 0 Å². The molecule has 0 aliphatic heterocycles. The number of nitrogens with two attached hydrogens (primary N) is 1. The monoisotopic (exact) mass is 365 g/mol. The summed E-state index contributed by atoms with van der Waals surface area (Å²) in [6.07, 6.45) is 3.44. The predicted octanol–water partition coefficient (Wildman–Crippen LogP) is 4.44. The highest BCUT2D eigenvalue weighted by Gasteiger charge is 2.21. The van der Waals surface area contributed by atoms with E-state index in [2.05, 4.69) is 22.4 Å². The lowest BCUT2D eigenvalue weighted by Gasteiger charge is -2.12. The average Bonchev–Trinajstić information content (AvgIpc) is 3.36. The number of halogens is 1. The Morgan fingerprint density at radius 2 is 1.77 bits per heavy atom. The third kappa shape index (κ3) is 3.72. The lowest BCUT2D eigenvalue weighted by Crippen LogP contribution is -2.83. The van der Waals surface area contributed by atoms with Gasteiger partial charge in [-0.1, -0.05) is 41.9 Å². The van der Waals surface area contributed by atoms with E-state index in [1.165, 1.54) is 5.56 Å². The molecule has 2 N–H and O–H groups in total. The van der Waals surface area contributed by atoms with Crippen LogP contribution >= 0.6 is 11.6 Å². The molecule has 0 bridgehead atoms. The minimum Gasteiger partial charge on any atom is -0.463 e. The van der Waals surface area contributed by atoms with Gasteiger partial charge in [-0.25, -0.2) is 4.98 Å². The summed E-state index contributed by atoms with van der Waals surface area (Å²) in [6.45, 7) is 0.605. The summed E-state index contributed by atoms with van der Waals surface area (Å²) in [4.78, 5) is 4.40. The fourth-order valence-electron chi connectivity index (χ4n) is 2.92. The lowest BCUT2D eigenvalue weighted by atomic mass is 10.0. The number of furan rings is 1. The molecule has 130 valence electrons. The van der Waals surface area contributed by atoms with E-state index in [9.17, 15) is 0 Å². The van der Waals surface area contributed by atoms with Crippen molar-refractivity contribution in [3.05, 3.63) is 101 Å². The van der Waals surface area contributed by atoms with E-state index in [4.69, 9.17) is 20.4 Å². The Morgan fingerprint density at radius 3 is 2.50 bits per heavy atom. The van der Waals surface area contributed by atoms with Crippen molar-refractivity contribution in [2.75, 3.05) is 0 Å². The third-order valence-corrected chi connectivity index (χ3v) is 4.47. The Balaban J connectivity index is 1.51. The minimum atomic E-state index is 0.0529. The molecular weight excluding hydrogens is 348 g/mol. The van der Waals surface area contributed by atoms with Gasteiger partial charge in [0.15, 0.2) is 24.1 Å². The molecule has 0 radical (unpaired) electrons. The highest BCUT2D eigenvalue weighted by atomic mass is 35.5. The molecule has 2 aromatic carbocycles. The van der Waals surface area contributed by atoms with Crippen LogP contribution in [0.25, 0.3) is 11.3 Å². The van der Waals surface area contributed by atoms with Gasteiger partial charge in [0.2, 0.25) is 0 Å². The molecule has 4 aromatic rings. The summed E-state index contributed by atoms with van der Waals surface area (Å²) in [5, 5.41) is 2.86. The van der Waals surface area contributed by atoms with Crippen LogP contribution in [0.3, 0.4) is 0 Å². The van der Waals surface area contributed by atoms with Gasteiger partial charge in [0.05, 0.1) is 12.5 Å². The van der Waals surface area contributed by atoms with Crippen molar-refractivity contribution >= 4 is 11.6 Å². The van der Waals surface area contributed by atoms with Gasteiger partial charge in [-0.15, -0.1) is 0 Å². The zero-order valence-corrected chi connectivity index (χ0v) is 14.8. The molecule has 5 heteroatoms. The molecule has 0 saturated heterocycles. The fourth-order valence-corrected chi connectivity index (χ4v) is 3.04. The Hall–Kier alpha value is -2.82. The van der Waals surface area contributed by atoms with E-state index in [0.29, 0.717) is 17.5 Å². The molecule has 0 saturated carbocycles. The normalized spacial score (nSPS) is 12.2. The number of quaternary nitrogens is 1. The van der Waals surface area contributed by atoms with Crippen molar-refractivity contribution in [2.45, 2.75) is 12.6 Å². The summed E-state index contributed by atoms with van der Waals surface area (Å²) in [5.41, 5.74) is 2.13. The highest BCUT2D eigenvalue weighted by molar-refractivity contribution is 6.30. The molecule has 0 unspecified atom stereocenters. The molecule has 2 aromatic heterocycles. The molecule has 1 atom stereocenters. The Kier molecular flexibility index (Phi) is 4.86. The molecule has 4 nitrogen and oxygen atoms in total. The van der Waals surface area contributed by atoms with Crippen LogP contribution in [0, 0.1) is 0 Å². The number of oxazole rings is 1. The first-order chi connectivity index (χ1) is 12.8. The maximum atomic E-state index is 5.94. The molecular formula is C21H18ClN2O2+. The number of aromatic nitrogens is 1. The molecule has 4 rings (SSSR count). The van der Waals surface area contributed by atoms with Crippen LogP contribution in [-0.4, -0.2) is 4.98 Å². The van der Waals surface area contributed by atoms with Crippen LogP contribution in [0.5, 0.6) is 0 Å². The Morgan fingerprint density at radius 1 is 0.962 bits per heavy atom. The largest absolute Gasteiger partial charge is 0.463 e. The summed E-state index contributed by atoms with van der Waals surface area (Å²) in [5.74, 6) is 2.31. The van der Waals surface area contributed by atoms with Crippen LogP contribution in [0.4, 0.5) is 0 Å². The summed E-state index contributed by atoms with van der Waals surface area (Å²) in [7, 11) is 0. The maximum Gasteiger partial charge on any atom is 0.250 e. The van der Waals surface area contributed by atoms with Crippen LogP contribution < -0.4 is 5.32 Å². The van der Waals surface area contributed by atoms with Crippen molar-refractivity contribution in [3.63, 3.8) is 0 Å². The van der Waals surface area contributed by atoms with Gasteiger partial charge in [-0.05, 0) is 36.4 Å². The van der Waals surface area contributed by atoms with Gasteiger partial charge >= 0.3 is 0 Å². The van der Waals surface area contributed by atoms with E-state index in [0.717, 1.165) is 17.1 Å². The van der Waals surface area contributed by atoms with Crippen LogP contribution in [0.2, 0.25) is 5.02 Å². The number of rotatable bonds is 6. The standard InChI is InChI=1S/C21H17ClN2O2/c22-17-10-8-15(9-11-17)19-13-23-20(26-19)14-24-21(18-7-4-12-25-18)16-5-2-1-3-6-16/h1-13,21,24H,14H2/p+1/t21-/m0/s1. The van der Waals surface area contributed by atoms with Crippen molar-refractivity contribution < 1.29 is 14.2 Å². The van der Waals surface area contributed by atoms with Crippen molar-refractivity contribution in [1.82, 2.24) is 4.98 Å². The van der Waals surface area contributed by atoms with Crippen LogP contribution in [0.15, 0.2) is 88.0 Å². The second-order valence-electron chi connectivity index (χ2n) is 5.97. The van der Waals surface area contributed by atoms with Crippen LogP contribution in [0.1, 0.15) is 23.3 Å². The summed E-state index contributed by atoms with van der Waals surface area (Å²) in [6, 6.07) is 21.7. The molecule has 0 spiro atoms. The van der Waals surface area contributed by atoms with Gasteiger partial charge in [0, 0.05) is 16.1 Å². The van der Waals surface area contributed by atoms with E-state index in [1.807, 2.05) is 54.6 Å². The number of benzene rings is 2. The van der Waals surface area contributed by atoms with E-state index < -0.39 is 0 Å². The maximum absolute atomic E-state index is 5.94. The van der Waals surface area contributed by atoms with E-state index in [1.54, 1.807) is 12.5 Å². The first-order valence-corrected chi connectivity index (χ1v) is 8.80. The van der Waals surface area contributed by atoms with Crippen molar-refractivity contribution in [2.24, 2.45) is 0 Å². The number of nitrogens with zero attached hydrogens (tertiary/aromatic N) is 1. The second-order valence-corrected chi connectivity index (χ2v) is 6.41. The number of hydrogen-bond donors (Lipinski definition) is 1. The SMILES string of the molecule is Clc1ccc(-c2cnc(C[NH2+][C@@H](c3ccccc3)c3ccco3)o2)cc1. The molecule has 0 fully saturated rings. The summed E-state index contributed by atoms with van der Waals surface area (Å²) < 4.78 is 11.5. The summed E-state index contributed by atoms with van der Waals surface area (Å²) >= 11 is 5.94. The molecule has 2 heterocycles. The van der Waals surface area contributed by atoms with E-state index >= 15 is 0 Å². The Labute approximate surface area is 156 Å². The smallest absolute Gasteiger partial charge is 0.250 e.